The second kappa shape index (κ2) is 4.64. The third-order valence-electron chi connectivity index (χ3n) is 2.05. The van der Waals surface area contributed by atoms with Crippen molar-refractivity contribution in [2.75, 3.05) is 20.7 Å². The summed E-state index contributed by atoms with van der Waals surface area (Å²) in [5.41, 5.74) is 5.66. The molecule has 0 saturated carbocycles. The lowest BCUT2D eigenvalue weighted by molar-refractivity contribution is -0.145. The molecule has 1 aliphatic rings. The Bertz CT molecular complexity index is 165. The molecule has 0 bridgehead atoms. The Balaban J connectivity index is 0.00000121. The summed E-state index contributed by atoms with van der Waals surface area (Å²) in [4.78, 5) is 13.0. The summed E-state index contributed by atoms with van der Waals surface area (Å²) in [6, 6.07) is -0.0147. The minimum Gasteiger partial charge on any atom is -0.468 e. The van der Waals surface area contributed by atoms with Gasteiger partial charge in [-0.2, -0.15) is 0 Å². The molecule has 0 aromatic heterocycles. The molecule has 2 atom stereocenters. The first-order chi connectivity index (χ1) is 5.15. The number of carbonyl (C=O) groups excluding carboxylic acids is 1. The molecule has 0 radical (unpaired) electrons. The van der Waals surface area contributed by atoms with Crippen LogP contribution < -0.4 is 5.73 Å². The van der Waals surface area contributed by atoms with Crippen molar-refractivity contribution in [1.82, 2.24) is 4.90 Å². The minimum absolute atomic E-state index is 0. The van der Waals surface area contributed by atoms with Gasteiger partial charge < -0.3 is 10.5 Å². The predicted octanol–water partition coefficient (Wildman–Crippen LogP) is -0.387. The molecule has 1 rings (SSSR count). The summed E-state index contributed by atoms with van der Waals surface area (Å²) in [7, 11) is 3.29. The van der Waals surface area contributed by atoms with Crippen molar-refractivity contribution >= 4 is 18.4 Å². The van der Waals surface area contributed by atoms with E-state index < -0.39 is 0 Å². The van der Waals surface area contributed by atoms with E-state index in [2.05, 4.69) is 4.74 Å². The van der Waals surface area contributed by atoms with Gasteiger partial charge in [-0.3, -0.25) is 9.69 Å². The molecule has 1 saturated heterocycles. The fraction of sp³-hybridized carbons (Fsp3) is 0.857. The molecule has 72 valence electrons. The molecular weight excluding hydrogens is 180 g/mol. The number of carbonyl (C=O) groups is 1. The van der Waals surface area contributed by atoms with Gasteiger partial charge >= 0.3 is 5.97 Å². The first-order valence-electron chi connectivity index (χ1n) is 3.68. The highest BCUT2D eigenvalue weighted by Gasteiger charge is 2.32. The zero-order chi connectivity index (χ0) is 8.43. The van der Waals surface area contributed by atoms with Crippen LogP contribution in [0.2, 0.25) is 0 Å². The number of likely N-dealkylation sites (tertiary alicyclic amines) is 1. The largest absolute Gasteiger partial charge is 0.468 e. The molecule has 0 amide bonds. The van der Waals surface area contributed by atoms with Gasteiger partial charge in [0.2, 0.25) is 0 Å². The highest BCUT2D eigenvalue weighted by molar-refractivity contribution is 5.85. The van der Waals surface area contributed by atoms with Gasteiger partial charge in [-0.1, -0.05) is 0 Å². The number of rotatable bonds is 1. The molecule has 12 heavy (non-hydrogen) atoms. The number of hydrogen-bond acceptors (Lipinski definition) is 4. The van der Waals surface area contributed by atoms with Crippen LogP contribution in [-0.4, -0.2) is 43.7 Å². The monoisotopic (exact) mass is 194 g/mol. The van der Waals surface area contributed by atoms with Gasteiger partial charge in [0.05, 0.1) is 7.11 Å². The Morgan fingerprint density at radius 3 is 2.58 bits per heavy atom. The summed E-state index contributed by atoms with van der Waals surface area (Å²) in [5, 5.41) is 0. The van der Waals surface area contributed by atoms with Crippen molar-refractivity contribution in [2.24, 2.45) is 5.73 Å². The van der Waals surface area contributed by atoms with Crippen LogP contribution in [0.25, 0.3) is 0 Å². The first-order valence-corrected chi connectivity index (χ1v) is 3.68. The fourth-order valence-corrected chi connectivity index (χ4v) is 1.45. The summed E-state index contributed by atoms with van der Waals surface area (Å²) < 4.78 is 4.62. The van der Waals surface area contributed by atoms with Crippen LogP contribution >= 0.6 is 12.4 Å². The number of nitrogens with two attached hydrogens (primary N) is 1. The zero-order valence-electron chi connectivity index (χ0n) is 7.32. The third kappa shape index (κ3) is 2.33. The number of esters is 1. The van der Waals surface area contributed by atoms with Crippen LogP contribution in [0.15, 0.2) is 0 Å². The third-order valence-corrected chi connectivity index (χ3v) is 2.05. The first kappa shape index (κ1) is 11.7. The predicted molar refractivity (Wildman–Crippen MR) is 48.3 cm³/mol. The van der Waals surface area contributed by atoms with Crippen molar-refractivity contribution < 1.29 is 9.53 Å². The van der Waals surface area contributed by atoms with Gasteiger partial charge in [-0.25, -0.2) is 0 Å². The van der Waals surface area contributed by atoms with Crippen LogP contribution in [0.3, 0.4) is 0 Å². The molecule has 1 aliphatic heterocycles. The van der Waals surface area contributed by atoms with Gasteiger partial charge in [0, 0.05) is 12.6 Å². The molecule has 4 nitrogen and oxygen atoms in total. The lowest BCUT2D eigenvalue weighted by Gasteiger charge is -2.15. The molecule has 0 aromatic rings. The Hall–Kier alpha value is -0.320. The molecule has 0 spiro atoms. The van der Waals surface area contributed by atoms with Crippen LogP contribution in [0.4, 0.5) is 0 Å². The lowest BCUT2D eigenvalue weighted by Crippen LogP contribution is -2.33. The second-order valence-corrected chi connectivity index (χ2v) is 2.97. The quantitative estimate of drug-likeness (QED) is 0.578. The number of ether oxygens (including phenoxy) is 1. The van der Waals surface area contributed by atoms with Crippen LogP contribution in [-0.2, 0) is 9.53 Å². The maximum atomic E-state index is 11.1. The van der Waals surface area contributed by atoms with Crippen molar-refractivity contribution in [2.45, 2.75) is 18.5 Å². The number of nitrogens with zero attached hydrogens (tertiary/aromatic N) is 1. The van der Waals surface area contributed by atoms with Crippen LogP contribution in [0.5, 0.6) is 0 Å². The molecule has 1 heterocycles. The molecule has 2 N–H and O–H groups in total. The Labute approximate surface area is 78.5 Å². The van der Waals surface area contributed by atoms with E-state index in [1.54, 1.807) is 0 Å². The highest BCUT2D eigenvalue weighted by Crippen LogP contribution is 2.14. The smallest absolute Gasteiger partial charge is 0.323 e. The normalized spacial score (nSPS) is 29.6. The van der Waals surface area contributed by atoms with Crippen molar-refractivity contribution in [1.29, 1.82) is 0 Å². The molecular formula is C7H15ClN2O2. The van der Waals surface area contributed by atoms with E-state index in [0.29, 0.717) is 6.42 Å². The Kier molecular flexibility index (Phi) is 4.52. The zero-order valence-corrected chi connectivity index (χ0v) is 8.13. The Morgan fingerprint density at radius 1 is 1.67 bits per heavy atom. The van der Waals surface area contributed by atoms with Gasteiger partial charge in [0.15, 0.2) is 0 Å². The van der Waals surface area contributed by atoms with E-state index in [0.717, 1.165) is 6.54 Å². The van der Waals surface area contributed by atoms with Gasteiger partial charge in [0.1, 0.15) is 6.04 Å². The molecule has 0 aromatic carbocycles. The maximum absolute atomic E-state index is 11.1. The second-order valence-electron chi connectivity index (χ2n) is 2.97. The summed E-state index contributed by atoms with van der Waals surface area (Å²) in [6.45, 7) is 0.778. The lowest BCUT2D eigenvalue weighted by atomic mass is 10.2. The SMILES string of the molecule is COC(=O)[C@@H]1CC(N)CN1C.Cl. The van der Waals surface area contributed by atoms with E-state index >= 15 is 0 Å². The number of likely N-dealkylation sites (N-methyl/N-ethyl adjacent to an activating group) is 1. The summed E-state index contributed by atoms with van der Waals surface area (Å²) >= 11 is 0. The summed E-state index contributed by atoms with van der Waals surface area (Å²) in [5.74, 6) is -0.180. The van der Waals surface area contributed by atoms with E-state index in [1.807, 2.05) is 11.9 Å². The minimum atomic E-state index is -0.180. The number of halogens is 1. The van der Waals surface area contributed by atoms with Crippen molar-refractivity contribution in [3.05, 3.63) is 0 Å². The average molecular weight is 195 g/mol. The maximum Gasteiger partial charge on any atom is 0.323 e. The highest BCUT2D eigenvalue weighted by atomic mass is 35.5. The van der Waals surface area contributed by atoms with Gasteiger partial charge in [0.25, 0.3) is 0 Å². The fourth-order valence-electron chi connectivity index (χ4n) is 1.45. The van der Waals surface area contributed by atoms with Gasteiger partial charge in [-0.15, -0.1) is 12.4 Å². The topological polar surface area (TPSA) is 55.6 Å². The number of methoxy groups -OCH3 is 1. The molecule has 1 unspecified atom stereocenters. The van der Waals surface area contributed by atoms with E-state index in [9.17, 15) is 4.79 Å². The summed E-state index contributed by atoms with van der Waals surface area (Å²) in [6.07, 6.45) is 0.711. The molecule has 1 fully saturated rings. The van der Waals surface area contributed by atoms with E-state index in [1.165, 1.54) is 7.11 Å². The Morgan fingerprint density at radius 2 is 2.25 bits per heavy atom. The van der Waals surface area contributed by atoms with Crippen molar-refractivity contribution in [3.8, 4) is 0 Å². The molecule has 5 heteroatoms. The van der Waals surface area contributed by atoms with E-state index in [-0.39, 0.29) is 30.5 Å². The van der Waals surface area contributed by atoms with Gasteiger partial charge in [-0.05, 0) is 13.5 Å². The van der Waals surface area contributed by atoms with E-state index in [4.69, 9.17) is 5.73 Å². The van der Waals surface area contributed by atoms with Crippen LogP contribution in [0, 0.1) is 0 Å². The molecule has 0 aliphatic carbocycles. The van der Waals surface area contributed by atoms with Crippen LogP contribution in [0.1, 0.15) is 6.42 Å². The standard InChI is InChI=1S/C7H14N2O2.ClH/c1-9-4-5(8)3-6(9)7(10)11-2;/h5-6H,3-4,8H2,1-2H3;1H/t5?,6-;/m0./s1. The average Bonchev–Trinajstić information content (AvgIpc) is 2.28. The van der Waals surface area contributed by atoms with Crippen molar-refractivity contribution in [3.63, 3.8) is 0 Å². The number of hydrogen-bond donors (Lipinski definition) is 1.